The van der Waals surface area contributed by atoms with E-state index in [1.807, 2.05) is 55.5 Å². The molecule has 1 aliphatic heterocycles. The highest BCUT2D eigenvalue weighted by Gasteiger charge is 2.31. The molecule has 0 fully saturated rings. The third kappa shape index (κ3) is 1.93. The van der Waals surface area contributed by atoms with Gasteiger partial charge in [-0.1, -0.05) is 29.8 Å². The maximum Gasteiger partial charge on any atom is 0.277 e. The van der Waals surface area contributed by atoms with Crippen LogP contribution in [0.2, 0.25) is 0 Å². The smallest absolute Gasteiger partial charge is 0.277 e. The first-order valence-electron chi connectivity index (χ1n) is 6.19. The summed E-state index contributed by atoms with van der Waals surface area (Å²) in [7, 11) is 1.78. The van der Waals surface area contributed by atoms with Gasteiger partial charge in [0.1, 0.15) is 5.71 Å². The molecule has 2 aromatic carbocycles. The van der Waals surface area contributed by atoms with Gasteiger partial charge in [0.2, 0.25) is 0 Å². The van der Waals surface area contributed by atoms with Gasteiger partial charge in [-0.3, -0.25) is 4.79 Å². The highest BCUT2D eigenvalue weighted by molar-refractivity contribution is 6.54. The van der Waals surface area contributed by atoms with Gasteiger partial charge in [0.15, 0.2) is 0 Å². The average molecular weight is 250 g/mol. The van der Waals surface area contributed by atoms with Crippen LogP contribution >= 0.6 is 0 Å². The van der Waals surface area contributed by atoms with Crippen molar-refractivity contribution in [1.29, 1.82) is 0 Å². The Bertz CT molecular complexity index is 674. The first kappa shape index (κ1) is 11.7. The molecule has 1 aliphatic rings. The molecule has 0 saturated carbocycles. The number of amides is 1. The van der Waals surface area contributed by atoms with Crippen molar-refractivity contribution in [3.05, 3.63) is 59.7 Å². The van der Waals surface area contributed by atoms with Crippen LogP contribution in [0.4, 0.5) is 11.4 Å². The van der Waals surface area contributed by atoms with Crippen LogP contribution in [-0.2, 0) is 4.79 Å². The molecular formula is C16H14N2O. The molecule has 3 nitrogen and oxygen atoms in total. The van der Waals surface area contributed by atoms with Gasteiger partial charge in [-0.15, -0.1) is 0 Å². The third-order valence-corrected chi connectivity index (χ3v) is 3.27. The van der Waals surface area contributed by atoms with Gasteiger partial charge in [0.05, 0.1) is 11.4 Å². The quantitative estimate of drug-likeness (QED) is 0.765. The van der Waals surface area contributed by atoms with E-state index in [0.717, 1.165) is 22.5 Å². The minimum Gasteiger partial charge on any atom is -0.309 e. The number of hydrogen-bond donors (Lipinski definition) is 0. The fourth-order valence-electron chi connectivity index (χ4n) is 2.26. The minimum atomic E-state index is -0.0514. The molecule has 0 radical (unpaired) electrons. The number of anilines is 1. The monoisotopic (exact) mass is 250 g/mol. The predicted molar refractivity (Wildman–Crippen MR) is 77.2 cm³/mol. The van der Waals surface area contributed by atoms with Gasteiger partial charge < -0.3 is 4.90 Å². The second-order valence-electron chi connectivity index (χ2n) is 4.68. The first-order valence-corrected chi connectivity index (χ1v) is 6.19. The zero-order valence-corrected chi connectivity index (χ0v) is 10.9. The number of carbonyl (C=O) groups excluding carboxylic acids is 1. The molecule has 19 heavy (non-hydrogen) atoms. The van der Waals surface area contributed by atoms with Crippen LogP contribution < -0.4 is 4.90 Å². The second kappa shape index (κ2) is 4.35. The Balaban J connectivity index is 2.16. The molecule has 0 N–H and O–H groups in total. The Morgan fingerprint density at radius 1 is 1.05 bits per heavy atom. The SMILES string of the molecule is Cc1ccc2c(c1)C(=Nc1ccccc1)C(=O)N2C. The largest absolute Gasteiger partial charge is 0.309 e. The van der Waals surface area contributed by atoms with Crippen LogP contribution in [0.15, 0.2) is 53.5 Å². The molecule has 1 amide bonds. The zero-order chi connectivity index (χ0) is 13.4. The molecule has 3 heteroatoms. The minimum absolute atomic E-state index is 0.0514. The molecule has 0 bridgehead atoms. The Labute approximate surface area is 112 Å². The lowest BCUT2D eigenvalue weighted by Gasteiger charge is -2.08. The van der Waals surface area contributed by atoms with Gasteiger partial charge in [0, 0.05) is 12.6 Å². The van der Waals surface area contributed by atoms with Crippen LogP contribution in [-0.4, -0.2) is 18.7 Å². The summed E-state index contributed by atoms with van der Waals surface area (Å²) in [5.41, 5.74) is 4.28. The van der Waals surface area contributed by atoms with Crippen molar-refractivity contribution in [1.82, 2.24) is 0 Å². The summed E-state index contributed by atoms with van der Waals surface area (Å²) in [5.74, 6) is -0.0514. The number of hydrogen-bond acceptors (Lipinski definition) is 2. The summed E-state index contributed by atoms with van der Waals surface area (Å²) in [6.45, 7) is 2.02. The summed E-state index contributed by atoms with van der Waals surface area (Å²) >= 11 is 0. The van der Waals surface area contributed by atoms with Crippen LogP contribution in [0.5, 0.6) is 0 Å². The van der Waals surface area contributed by atoms with Crippen molar-refractivity contribution >= 4 is 23.0 Å². The van der Waals surface area contributed by atoms with Crippen LogP contribution in [0.1, 0.15) is 11.1 Å². The lowest BCUT2D eigenvalue weighted by atomic mass is 10.1. The lowest BCUT2D eigenvalue weighted by molar-refractivity contribution is -0.111. The number of para-hydroxylation sites is 1. The number of nitrogens with zero attached hydrogens (tertiary/aromatic N) is 2. The standard InChI is InChI=1S/C16H14N2O/c1-11-8-9-14-13(10-11)15(16(19)18(14)2)17-12-6-4-3-5-7-12/h3-10H,1-2H3. The normalized spacial score (nSPS) is 16.0. The molecule has 0 spiro atoms. The molecule has 0 atom stereocenters. The van der Waals surface area contributed by atoms with Crippen molar-refractivity contribution in [2.45, 2.75) is 6.92 Å². The van der Waals surface area contributed by atoms with E-state index in [2.05, 4.69) is 4.99 Å². The van der Waals surface area contributed by atoms with E-state index in [1.54, 1.807) is 11.9 Å². The summed E-state index contributed by atoms with van der Waals surface area (Å²) < 4.78 is 0. The van der Waals surface area contributed by atoms with Crippen LogP contribution in [0, 0.1) is 6.92 Å². The number of aryl methyl sites for hydroxylation is 1. The van der Waals surface area contributed by atoms with Gasteiger partial charge in [0.25, 0.3) is 5.91 Å². The number of likely N-dealkylation sites (N-methyl/N-ethyl adjacent to an activating group) is 1. The maximum atomic E-state index is 12.3. The molecule has 3 rings (SSSR count). The van der Waals surface area contributed by atoms with Crippen LogP contribution in [0.3, 0.4) is 0 Å². The first-order chi connectivity index (χ1) is 9.16. The van der Waals surface area contributed by atoms with Gasteiger partial charge in [-0.25, -0.2) is 4.99 Å². The molecule has 0 aliphatic carbocycles. The fourth-order valence-corrected chi connectivity index (χ4v) is 2.26. The van der Waals surface area contributed by atoms with Crippen LogP contribution in [0.25, 0.3) is 0 Å². The van der Waals surface area contributed by atoms with Crippen molar-refractivity contribution in [2.75, 3.05) is 11.9 Å². The predicted octanol–water partition coefficient (Wildman–Crippen LogP) is 3.09. The molecule has 1 heterocycles. The molecule has 0 aromatic heterocycles. The number of carbonyl (C=O) groups is 1. The summed E-state index contributed by atoms with van der Waals surface area (Å²) in [5, 5.41) is 0. The lowest BCUT2D eigenvalue weighted by Crippen LogP contribution is -2.25. The van der Waals surface area contributed by atoms with E-state index in [0.29, 0.717) is 5.71 Å². The molecule has 0 saturated heterocycles. The van der Waals surface area contributed by atoms with E-state index < -0.39 is 0 Å². The number of rotatable bonds is 1. The van der Waals surface area contributed by atoms with E-state index in [9.17, 15) is 4.79 Å². The molecular weight excluding hydrogens is 236 g/mol. The summed E-state index contributed by atoms with van der Waals surface area (Å²) in [6, 6.07) is 15.6. The van der Waals surface area contributed by atoms with Gasteiger partial charge >= 0.3 is 0 Å². The number of aliphatic imine (C=N–C) groups is 1. The van der Waals surface area contributed by atoms with E-state index in [-0.39, 0.29) is 5.91 Å². The Kier molecular flexibility index (Phi) is 2.67. The Morgan fingerprint density at radius 2 is 1.79 bits per heavy atom. The van der Waals surface area contributed by atoms with Crippen molar-refractivity contribution in [3.8, 4) is 0 Å². The number of benzene rings is 2. The maximum absolute atomic E-state index is 12.3. The van der Waals surface area contributed by atoms with Gasteiger partial charge in [-0.2, -0.15) is 0 Å². The fraction of sp³-hybridized carbons (Fsp3) is 0.125. The van der Waals surface area contributed by atoms with Gasteiger partial charge in [-0.05, 0) is 31.2 Å². The highest BCUT2D eigenvalue weighted by atomic mass is 16.2. The topological polar surface area (TPSA) is 32.7 Å². The van der Waals surface area contributed by atoms with E-state index in [1.165, 1.54) is 0 Å². The van der Waals surface area contributed by atoms with E-state index in [4.69, 9.17) is 0 Å². The Morgan fingerprint density at radius 3 is 2.53 bits per heavy atom. The second-order valence-corrected chi connectivity index (χ2v) is 4.68. The average Bonchev–Trinajstić information content (AvgIpc) is 2.65. The molecule has 2 aromatic rings. The summed E-state index contributed by atoms with van der Waals surface area (Å²) in [4.78, 5) is 18.4. The summed E-state index contributed by atoms with van der Waals surface area (Å²) in [6.07, 6.45) is 0. The van der Waals surface area contributed by atoms with Crippen molar-refractivity contribution in [2.24, 2.45) is 4.99 Å². The highest BCUT2D eigenvalue weighted by Crippen LogP contribution is 2.30. The zero-order valence-electron chi connectivity index (χ0n) is 10.9. The molecule has 0 unspecified atom stereocenters. The Hall–Kier alpha value is -2.42. The molecule has 94 valence electrons. The van der Waals surface area contributed by atoms with Crippen molar-refractivity contribution in [3.63, 3.8) is 0 Å². The van der Waals surface area contributed by atoms with Crippen molar-refractivity contribution < 1.29 is 4.79 Å². The third-order valence-electron chi connectivity index (χ3n) is 3.27. The number of fused-ring (bicyclic) bond motifs is 1. The van der Waals surface area contributed by atoms with E-state index >= 15 is 0 Å².